The zero-order valence-electron chi connectivity index (χ0n) is 15.2. The summed E-state index contributed by atoms with van der Waals surface area (Å²) in [5.41, 5.74) is 3.81. The van der Waals surface area contributed by atoms with E-state index in [9.17, 15) is 18.0 Å². The summed E-state index contributed by atoms with van der Waals surface area (Å²) in [7, 11) is 0. The highest BCUT2D eigenvalue weighted by atomic mass is 19.4. The first kappa shape index (κ1) is 18.8. The van der Waals surface area contributed by atoms with Gasteiger partial charge in [0.1, 0.15) is 6.54 Å². The van der Waals surface area contributed by atoms with Gasteiger partial charge in [-0.1, -0.05) is 12.1 Å². The molecule has 1 aliphatic rings. The first-order valence-electron chi connectivity index (χ1n) is 8.58. The molecule has 4 rings (SSSR count). The number of aromatic nitrogens is 2. The smallest absolute Gasteiger partial charge is 0.449 e. The Bertz CT molecular complexity index is 1120. The molecule has 0 saturated carbocycles. The fourth-order valence-corrected chi connectivity index (χ4v) is 2.96. The minimum Gasteiger partial charge on any atom is -0.454 e. The highest BCUT2D eigenvalue weighted by Gasteiger charge is 2.38. The minimum absolute atomic E-state index is 0.131. The van der Waals surface area contributed by atoms with Crippen LogP contribution >= 0.6 is 0 Å². The monoisotopic (exact) mass is 404 g/mol. The van der Waals surface area contributed by atoms with Crippen molar-refractivity contribution in [2.75, 3.05) is 6.79 Å². The molecule has 1 aliphatic heterocycles. The molecule has 150 valence electrons. The Morgan fingerprint density at radius 3 is 2.76 bits per heavy atom. The number of benzene rings is 2. The SMILES string of the molecule is CC(=NNC(=O)Cn1c(C(F)(F)F)nc2ccccc21)c1ccc2c(c1)OCO2. The molecule has 2 heterocycles. The average molecular weight is 404 g/mol. The molecule has 1 N–H and O–H groups in total. The molecule has 0 radical (unpaired) electrons. The average Bonchev–Trinajstić information content (AvgIpc) is 3.30. The zero-order chi connectivity index (χ0) is 20.6. The predicted molar refractivity (Wildman–Crippen MR) is 97.7 cm³/mol. The third-order valence-electron chi connectivity index (χ3n) is 4.35. The lowest BCUT2D eigenvalue weighted by Crippen LogP contribution is -2.27. The van der Waals surface area contributed by atoms with Crippen molar-refractivity contribution in [3.05, 3.63) is 53.9 Å². The van der Waals surface area contributed by atoms with Gasteiger partial charge in [0.15, 0.2) is 11.5 Å². The van der Waals surface area contributed by atoms with Crippen molar-refractivity contribution in [1.29, 1.82) is 0 Å². The number of hydrazone groups is 1. The summed E-state index contributed by atoms with van der Waals surface area (Å²) in [6.07, 6.45) is -4.69. The highest BCUT2D eigenvalue weighted by Crippen LogP contribution is 2.33. The maximum absolute atomic E-state index is 13.3. The van der Waals surface area contributed by atoms with Crippen LogP contribution in [0.3, 0.4) is 0 Å². The van der Waals surface area contributed by atoms with Crippen LogP contribution < -0.4 is 14.9 Å². The Balaban J connectivity index is 1.54. The summed E-state index contributed by atoms with van der Waals surface area (Å²) >= 11 is 0. The van der Waals surface area contributed by atoms with Crippen LogP contribution in [0.5, 0.6) is 11.5 Å². The highest BCUT2D eigenvalue weighted by molar-refractivity contribution is 5.99. The van der Waals surface area contributed by atoms with Crippen molar-refractivity contribution in [3.63, 3.8) is 0 Å². The second-order valence-electron chi connectivity index (χ2n) is 6.31. The van der Waals surface area contributed by atoms with Crippen LogP contribution in [0.1, 0.15) is 18.3 Å². The number of nitrogens with zero attached hydrogens (tertiary/aromatic N) is 3. The molecule has 0 unspecified atom stereocenters. The van der Waals surface area contributed by atoms with Crippen LogP contribution in [0, 0.1) is 0 Å². The van der Waals surface area contributed by atoms with Crippen molar-refractivity contribution >= 4 is 22.7 Å². The molecule has 29 heavy (non-hydrogen) atoms. The molecule has 1 amide bonds. The van der Waals surface area contributed by atoms with Gasteiger partial charge in [-0.2, -0.15) is 18.3 Å². The summed E-state index contributed by atoms with van der Waals surface area (Å²) in [4.78, 5) is 15.9. The third kappa shape index (κ3) is 3.73. The molecule has 10 heteroatoms. The zero-order valence-corrected chi connectivity index (χ0v) is 15.2. The van der Waals surface area contributed by atoms with E-state index in [0.29, 0.717) is 22.8 Å². The van der Waals surface area contributed by atoms with Gasteiger partial charge in [0, 0.05) is 5.56 Å². The van der Waals surface area contributed by atoms with E-state index >= 15 is 0 Å². The number of nitrogens with one attached hydrogen (secondary N) is 1. The molecule has 7 nitrogen and oxygen atoms in total. The number of hydrogen-bond acceptors (Lipinski definition) is 5. The van der Waals surface area contributed by atoms with E-state index in [0.717, 1.165) is 4.57 Å². The van der Waals surface area contributed by atoms with Crippen LogP contribution in [-0.4, -0.2) is 28.0 Å². The fourth-order valence-electron chi connectivity index (χ4n) is 2.96. The van der Waals surface area contributed by atoms with Gasteiger partial charge in [0.25, 0.3) is 5.91 Å². The van der Waals surface area contributed by atoms with Gasteiger partial charge >= 0.3 is 6.18 Å². The number of carbonyl (C=O) groups excluding carboxylic acids is 1. The van der Waals surface area contributed by atoms with E-state index < -0.39 is 24.5 Å². The van der Waals surface area contributed by atoms with E-state index in [1.165, 1.54) is 12.1 Å². The normalized spacial score (nSPS) is 13.7. The molecule has 0 aliphatic carbocycles. The summed E-state index contributed by atoms with van der Waals surface area (Å²) in [5.74, 6) is -0.676. The maximum atomic E-state index is 13.3. The number of hydrogen-bond donors (Lipinski definition) is 1. The molecular weight excluding hydrogens is 389 g/mol. The minimum atomic E-state index is -4.69. The maximum Gasteiger partial charge on any atom is 0.449 e. The van der Waals surface area contributed by atoms with E-state index in [-0.39, 0.29) is 17.8 Å². The number of amides is 1. The third-order valence-corrected chi connectivity index (χ3v) is 4.35. The van der Waals surface area contributed by atoms with E-state index in [1.807, 2.05) is 0 Å². The molecule has 0 atom stereocenters. The topological polar surface area (TPSA) is 77.7 Å². The number of carbonyl (C=O) groups is 1. The van der Waals surface area contributed by atoms with Crippen molar-refractivity contribution < 1.29 is 27.4 Å². The van der Waals surface area contributed by atoms with E-state index in [2.05, 4.69) is 15.5 Å². The van der Waals surface area contributed by atoms with Crippen LogP contribution in [0.4, 0.5) is 13.2 Å². The predicted octanol–water partition coefficient (Wildman–Crippen LogP) is 3.32. The Labute approximate surface area is 162 Å². The van der Waals surface area contributed by atoms with Gasteiger partial charge in [-0.3, -0.25) is 4.79 Å². The lowest BCUT2D eigenvalue weighted by Gasteiger charge is -2.10. The largest absolute Gasteiger partial charge is 0.454 e. The Hall–Kier alpha value is -3.56. The van der Waals surface area contributed by atoms with Crippen molar-refractivity contribution in [3.8, 4) is 11.5 Å². The summed E-state index contributed by atoms with van der Waals surface area (Å²) in [6.45, 7) is 1.21. The van der Waals surface area contributed by atoms with Crippen molar-refractivity contribution in [2.24, 2.45) is 5.10 Å². The van der Waals surface area contributed by atoms with Crippen LogP contribution in [0.25, 0.3) is 11.0 Å². The molecule has 3 aromatic rings. The molecule has 0 saturated heterocycles. The number of halogens is 3. The van der Waals surface area contributed by atoms with Crippen LogP contribution in [-0.2, 0) is 17.5 Å². The number of imidazole rings is 1. The quantitative estimate of drug-likeness (QED) is 0.535. The summed E-state index contributed by atoms with van der Waals surface area (Å²) in [6, 6.07) is 11.3. The van der Waals surface area contributed by atoms with Gasteiger partial charge in [-0.15, -0.1) is 0 Å². The lowest BCUT2D eigenvalue weighted by atomic mass is 10.1. The van der Waals surface area contributed by atoms with Gasteiger partial charge in [0.2, 0.25) is 12.6 Å². The van der Waals surface area contributed by atoms with Gasteiger partial charge in [-0.05, 0) is 37.3 Å². The Morgan fingerprint density at radius 1 is 1.21 bits per heavy atom. The Morgan fingerprint density at radius 2 is 1.97 bits per heavy atom. The molecule has 2 aromatic carbocycles. The van der Waals surface area contributed by atoms with Gasteiger partial charge < -0.3 is 14.0 Å². The number of ether oxygens (including phenoxy) is 2. The number of fused-ring (bicyclic) bond motifs is 2. The van der Waals surface area contributed by atoms with Crippen molar-refractivity contribution in [1.82, 2.24) is 15.0 Å². The summed E-state index contributed by atoms with van der Waals surface area (Å²) < 4.78 is 51.3. The summed E-state index contributed by atoms with van der Waals surface area (Å²) in [5, 5.41) is 3.98. The molecule has 0 bridgehead atoms. The first-order chi connectivity index (χ1) is 13.8. The second-order valence-corrected chi connectivity index (χ2v) is 6.31. The number of para-hydroxylation sites is 2. The van der Waals surface area contributed by atoms with Crippen LogP contribution in [0.15, 0.2) is 47.6 Å². The molecule has 0 fully saturated rings. The standard InChI is InChI=1S/C19H15F3N4O3/c1-11(12-6-7-15-16(8-12)29-10-28-15)24-25-17(27)9-26-14-5-3-2-4-13(14)23-18(26)19(20,21)22/h2-8H,9-10H2,1H3,(H,25,27). The fraction of sp³-hybridized carbons (Fsp3) is 0.211. The molecular formula is C19H15F3N4O3. The van der Waals surface area contributed by atoms with Gasteiger partial charge in [-0.25, -0.2) is 10.4 Å². The van der Waals surface area contributed by atoms with E-state index in [1.54, 1.807) is 37.3 Å². The molecule has 0 spiro atoms. The first-order valence-corrected chi connectivity index (χ1v) is 8.58. The van der Waals surface area contributed by atoms with Crippen LogP contribution in [0.2, 0.25) is 0 Å². The van der Waals surface area contributed by atoms with E-state index in [4.69, 9.17) is 9.47 Å². The van der Waals surface area contributed by atoms with Gasteiger partial charge in [0.05, 0.1) is 16.7 Å². The second kappa shape index (κ2) is 7.12. The Kier molecular flexibility index (Phi) is 4.61. The number of rotatable bonds is 4. The lowest BCUT2D eigenvalue weighted by molar-refractivity contribution is -0.147. The van der Waals surface area contributed by atoms with Crippen molar-refractivity contribution in [2.45, 2.75) is 19.6 Å². The number of alkyl halides is 3. The molecule has 1 aromatic heterocycles.